The molecule has 0 aromatic rings. The van der Waals surface area contributed by atoms with Crippen LogP contribution in [0.2, 0.25) is 0 Å². The zero-order valence-corrected chi connectivity index (χ0v) is 11.5. The Kier molecular flexibility index (Phi) is 7.55. The summed E-state index contributed by atoms with van der Waals surface area (Å²) < 4.78 is 0. The summed E-state index contributed by atoms with van der Waals surface area (Å²) in [5.74, 6) is -1.24. The highest BCUT2D eigenvalue weighted by Gasteiger charge is 2.21. The van der Waals surface area contributed by atoms with Crippen molar-refractivity contribution in [2.45, 2.75) is 51.5 Å². The highest BCUT2D eigenvalue weighted by Crippen LogP contribution is 2.10. The number of nitrogens with two attached hydrogens (primary N) is 1. The fraction of sp³-hybridized carbons (Fsp3) is 0.750. The molecule has 0 saturated carbocycles. The molecule has 110 valence electrons. The van der Waals surface area contributed by atoms with Crippen molar-refractivity contribution in [3.05, 3.63) is 0 Å². The van der Waals surface area contributed by atoms with Crippen LogP contribution < -0.4 is 16.4 Å². The summed E-state index contributed by atoms with van der Waals surface area (Å²) in [7, 11) is 0. The Morgan fingerprint density at radius 1 is 1.16 bits per heavy atom. The van der Waals surface area contributed by atoms with E-state index >= 15 is 0 Å². The number of amides is 3. The summed E-state index contributed by atoms with van der Waals surface area (Å²) in [4.78, 5) is 32.5. The van der Waals surface area contributed by atoms with E-state index < -0.39 is 11.5 Å². The number of carboxylic acid groups (broad SMARTS) is 1. The number of carbonyl (C=O) groups is 3. The van der Waals surface area contributed by atoms with E-state index in [0.29, 0.717) is 32.2 Å². The van der Waals surface area contributed by atoms with Gasteiger partial charge in [0.25, 0.3) is 0 Å². The molecular weight excluding hydrogens is 250 g/mol. The van der Waals surface area contributed by atoms with Gasteiger partial charge in [-0.15, -0.1) is 0 Å². The van der Waals surface area contributed by atoms with Gasteiger partial charge in [-0.1, -0.05) is 0 Å². The van der Waals surface area contributed by atoms with Crippen molar-refractivity contribution >= 4 is 17.9 Å². The van der Waals surface area contributed by atoms with Crippen molar-refractivity contribution in [2.24, 2.45) is 5.73 Å². The van der Waals surface area contributed by atoms with Crippen molar-refractivity contribution < 1.29 is 19.5 Å². The molecule has 0 aromatic heterocycles. The van der Waals surface area contributed by atoms with E-state index in [1.54, 1.807) is 13.8 Å². The summed E-state index contributed by atoms with van der Waals surface area (Å²) in [6.45, 7) is 3.99. The van der Waals surface area contributed by atoms with Gasteiger partial charge < -0.3 is 21.5 Å². The maximum Gasteiger partial charge on any atom is 0.315 e. The van der Waals surface area contributed by atoms with Gasteiger partial charge >= 0.3 is 12.0 Å². The van der Waals surface area contributed by atoms with Gasteiger partial charge in [0.1, 0.15) is 0 Å². The molecule has 0 aliphatic carbocycles. The maximum atomic E-state index is 11.5. The lowest BCUT2D eigenvalue weighted by molar-refractivity contribution is -0.137. The van der Waals surface area contributed by atoms with Crippen LogP contribution in [-0.4, -0.2) is 35.1 Å². The van der Waals surface area contributed by atoms with Gasteiger partial charge in [0.2, 0.25) is 5.91 Å². The Bertz CT molecular complexity index is 329. The SMILES string of the molecule is CC(C)(CCC(=O)O)NC(=O)NCCCCC(N)=O. The first-order valence-corrected chi connectivity index (χ1v) is 6.29. The van der Waals surface area contributed by atoms with Crippen molar-refractivity contribution in [1.29, 1.82) is 0 Å². The van der Waals surface area contributed by atoms with Gasteiger partial charge in [-0.3, -0.25) is 9.59 Å². The minimum absolute atomic E-state index is 0.00584. The van der Waals surface area contributed by atoms with Crippen LogP contribution in [0.1, 0.15) is 46.0 Å². The first-order valence-electron chi connectivity index (χ1n) is 6.29. The first kappa shape index (κ1) is 17.2. The molecule has 0 fully saturated rings. The Hall–Kier alpha value is -1.79. The summed E-state index contributed by atoms with van der Waals surface area (Å²) in [5.41, 5.74) is 4.42. The van der Waals surface area contributed by atoms with E-state index in [4.69, 9.17) is 10.8 Å². The maximum absolute atomic E-state index is 11.5. The quantitative estimate of drug-likeness (QED) is 0.459. The van der Waals surface area contributed by atoms with Crippen molar-refractivity contribution in [3.8, 4) is 0 Å². The second kappa shape index (κ2) is 8.34. The minimum atomic E-state index is -0.887. The molecule has 7 heteroatoms. The van der Waals surface area contributed by atoms with Gasteiger partial charge in [0.15, 0.2) is 0 Å². The molecule has 0 radical (unpaired) electrons. The predicted molar refractivity (Wildman–Crippen MR) is 70.5 cm³/mol. The number of rotatable bonds is 9. The van der Waals surface area contributed by atoms with Crippen LogP contribution in [0.3, 0.4) is 0 Å². The van der Waals surface area contributed by atoms with Gasteiger partial charge in [-0.25, -0.2) is 4.79 Å². The van der Waals surface area contributed by atoms with Crippen LogP contribution in [0, 0.1) is 0 Å². The van der Waals surface area contributed by atoms with Crippen LogP contribution in [0.15, 0.2) is 0 Å². The van der Waals surface area contributed by atoms with Gasteiger partial charge in [-0.2, -0.15) is 0 Å². The molecule has 7 nitrogen and oxygen atoms in total. The van der Waals surface area contributed by atoms with Gasteiger partial charge in [-0.05, 0) is 33.1 Å². The lowest BCUT2D eigenvalue weighted by Gasteiger charge is -2.25. The Morgan fingerprint density at radius 2 is 1.79 bits per heavy atom. The number of nitrogens with one attached hydrogen (secondary N) is 2. The highest BCUT2D eigenvalue weighted by molar-refractivity contribution is 5.75. The lowest BCUT2D eigenvalue weighted by atomic mass is 9.99. The molecule has 5 N–H and O–H groups in total. The Labute approximate surface area is 112 Å². The van der Waals surface area contributed by atoms with Crippen LogP contribution in [0.5, 0.6) is 0 Å². The highest BCUT2D eigenvalue weighted by atomic mass is 16.4. The third-order valence-electron chi connectivity index (χ3n) is 2.55. The van der Waals surface area contributed by atoms with Crippen LogP contribution in [0.4, 0.5) is 4.79 Å². The number of urea groups is 1. The van der Waals surface area contributed by atoms with E-state index in [9.17, 15) is 14.4 Å². The topological polar surface area (TPSA) is 122 Å². The number of hydrogen-bond acceptors (Lipinski definition) is 3. The Balaban J connectivity index is 3.77. The molecule has 0 rings (SSSR count). The van der Waals surface area contributed by atoms with Crippen LogP contribution in [-0.2, 0) is 9.59 Å². The number of hydrogen-bond donors (Lipinski definition) is 4. The zero-order valence-electron chi connectivity index (χ0n) is 11.5. The summed E-state index contributed by atoms with van der Waals surface area (Å²) >= 11 is 0. The standard InChI is InChI=1S/C12H23N3O4/c1-12(2,7-6-10(17)18)15-11(19)14-8-4-3-5-9(13)16/h3-8H2,1-2H3,(H2,13,16)(H,17,18)(H2,14,15,19). The third-order valence-corrected chi connectivity index (χ3v) is 2.55. The molecule has 0 unspecified atom stereocenters. The van der Waals surface area contributed by atoms with Crippen molar-refractivity contribution in [2.75, 3.05) is 6.54 Å². The van der Waals surface area contributed by atoms with Gasteiger partial charge in [0.05, 0.1) is 0 Å². The molecule has 0 atom stereocenters. The van der Waals surface area contributed by atoms with Crippen molar-refractivity contribution in [3.63, 3.8) is 0 Å². The summed E-state index contributed by atoms with van der Waals surface area (Å²) in [6, 6.07) is -0.338. The molecule has 0 saturated heterocycles. The zero-order chi connectivity index (χ0) is 14.9. The van der Waals surface area contributed by atoms with Crippen molar-refractivity contribution in [1.82, 2.24) is 10.6 Å². The number of carbonyl (C=O) groups excluding carboxylic acids is 2. The lowest BCUT2D eigenvalue weighted by Crippen LogP contribution is -2.48. The van der Waals surface area contributed by atoms with E-state index in [2.05, 4.69) is 10.6 Å². The molecular formula is C12H23N3O4. The second-order valence-corrected chi connectivity index (χ2v) is 5.08. The van der Waals surface area contributed by atoms with E-state index in [0.717, 1.165) is 0 Å². The fourth-order valence-corrected chi connectivity index (χ4v) is 1.46. The van der Waals surface area contributed by atoms with E-state index in [1.165, 1.54) is 0 Å². The average Bonchev–Trinajstić information content (AvgIpc) is 2.25. The first-order chi connectivity index (χ1) is 8.73. The number of aliphatic carboxylic acids is 1. The molecule has 3 amide bonds. The molecule has 19 heavy (non-hydrogen) atoms. The average molecular weight is 273 g/mol. The van der Waals surface area contributed by atoms with Crippen LogP contribution in [0.25, 0.3) is 0 Å². The molecule has 0 bridgehead atoms. The van der Waals surface area contributed by atoms with Crippen LogP contribution >= 0.6 is 0 Å². The van der Waals surface area contributed by atoms with E-state index in [1.807, 2.05) is 0 Å². The molecule has 0 heterocycles. The Morgan fingerprint density at radius 3 is 2.32 bits per heavy atom. The molecule has 0 aliphatic rings. The largest absolute Gasteiger partial charge is 0.481 e. The normalized spacial score (nSPS) is 10.8. The summed E-state index contributed by atoms with van der Waals surface area (Å²) in [5, 5.41) is 13.9. The minimum Gasteiger partial charge on any atom is -0.481 e. The number of primary amides is 1. The third kappa shape index (κ3) is 11.1. The number of carboxylic acids is 1. The molecule has 0 aliphatic heterocycles. The van der Waals surface area contributed by atoms with E-state index in [-0.39, 0.29) is 18.4 Å². The smallest absolute Gasteiger partial charge is 0.315 e. The number of unbranched alkanes of at least 4 members (excludes halogenated alkanes) is 1. The molecule has 0 aromatic carbocycles. The predicted octanol–water partition coefficient (Wildman–Crippen LogP) is 0.585. The van der Waals surface area contributed by atoms with Gasteiger partial charge in [0, 0.05) is 24.9 Å². The monoisotopic (exact) mass is 273 g/mol. The second-order valence-electron chi connectivity index (χ2n) is 5.08. The fourth-order valence-electron chi connectivity index (χ4n) is 1.46. The molecule has 0 spiro atoms. The summed E-state index contributed by atoms with van der Waals surface area (Å²) in [6.07, 6.45) is 1.99.